The molecule has 0 aromatic heterocycles. The van der Waals surface area contributed by atoms with Crippen LogP contribution in [0.3, 0.4) is 0 Å². The largest absolute Gasteiger partial charge is 0.481 e. The Balaban J connectivity index is 1.87. The third-order valence-electron chi connectivity index (χ3n) is 5.31. The van der Waals surface area contributed by atoms with Crippen LogP contribution in [-0.4, -0.2) is 35.0 Å². The van der Waals surface area contributed by atoms with Gasteiger partial charge in [0, 0.05) is 13.1 Å². The first-order valence-electron chi connectivity index (χ1n) is 7.83. The summed E-state index contributed by atoms with van der Waals surface area (Å²) in [4.78, 5) is 26.1. The minimum atomic E-state index is -0.829. The van der Waals surface area contributed by atoms with E-state index in [-0.39, 0.29) is 11.8 Å². The maximum atomic E-state index is 13.1. The van der Waals surface area contributed by atoms with Crippen LogP contribution >= 0.6 is 23.2 Å². The lowest BCUT2D eigenvalue weighted by Crippen LogP contribution is -2.50. The van der Waals surface area contributed by atoms with Crippen molar-refractivity contribution in [3.8, 4) is 0 Å². The summed E-state index contributed by atoms with van der Waals surface area (Å²) in [6, 6.07) is 5.35. The van der Waals surface area contributed by atoms with Gasteiger partial charge in [-0.25, -0.2) is 0 Å². The molecule has 0 bridgehead atoms. The van der Waals surface area contributed by atoms with Gasteiger partial charge in [-0.2, -0.15) is 0 Å². The summed E-state index contributed by atoms with van der Waals surface area (Å²) in [5, 5.41) is 10.2. The molecular weight excluding hydrogens is 337 g/mol. The van der Waals surface area contributed by atoms with Crippen molar-refractivity contribution in [2.75, 3.05) is 13.1 Å². The zero-order valence-corrected chi connectivity index (χ0v) is 14.4. The lowest BCUT2D eigenvalue weighted by Gasteiger charge is -2.43. The van der Waals surface area contributed by atoms with Gasteiger partial charge in [0.15, 0.2) is 0 Å². The van der Waals surface area contributed by atoms with Crippen LogP contribution in [0.15, 0.2) is 18.2 Å². The van der Waals surface area contributed by atoms with E-state index in [9.17, 15) is 14.7 Å². The Hall–Kier alpha value is -1.26. The summed E-state index contributed by atoms with van der Waals surface area (Å²) < 4.78 is 0. The number of rotatable bonds is 3. The molecule has 124 valence electrons. The summed E-state index contributed by atoms with van der Waals surface area (Å²) >= 11 is 12.1. The van der Waals surface area contributed by atoms with E-state index in [1.54, 1.807) is 17.0 Å². The van der Waals surface area contributed by atoms with E-state index in [4.69, 9.17) is 23.2 Å². The number of carbonyl (C=O) groups is 2. The van der Waals surface area contributed by atoms with Crippen molar-refractivity contribution >= 4 is 35.1 Å². The lowest BCUT2D eigenvalue weighted by atomic mass is 9.63. The molecule has 1 N–H and O–H groups in total. The Morgan fingerprint density at radius 3 is 2.39 bits per heavy atom. The molecule has 2 atom stereocenters. The van der Waals surface area contributed by atoms with Crippen LogP contribution in [0, 0.1) is 11.8 Å². The summed E-state index contributed by atoms with van der Waals surface area (Å²) in [6.45, 7) is 2.68. The number of aliphatic carboxylic acids is 1. The molecular formula is C17H19Cl2NO3. The van der Waals surface area contributed by atoms with Gasteiger partial charge in [-0.05, 0) is 36.5 Å². The van der Waals surface area contributed by atoms with E-state index in [2.05, 4.69) is 0 Å². The predicted octanol–water partition coefficient (Wildman–Crippen LogP) is 3.59. The molecule has 1 heterocycles. The van der Waals surface area contributed by atoms with Gasteiger partial charge in [0.1, 0.15) is 0 Å². The summed E-state index contributed by atoms with van der Waals surface area (Å²) in [7, 11) is 0. The van der Waals surface area contributed by atoms with Crippen LogP contribution in [0.5, 0.6) is 0 Å². The van der Waals surface area contributed by atoms with Crippen LogP contribution in [0.1, 0.15) is 31.7 Å². The second-order valence-electron chi connectivity index (χ2n) is 6.70. The highest BCUT2D eigenvalue weighted by Gasteiger charge is 2.50. The molecule has 0 spiro atoms. The highest BCUT2D eigenvalue weighted by atomic mass is 35.5. The number of likely N-dealkylation sites (tertiary alicyclic amines) is 1. The SMILES string of the molecule is C[C@@H]1CN(C(=O)C2(c3ccc(Cl)c(Cl)c3)CCC2)C[C@H]1C(=O)O. The molecule has 4 nitrogen and oxygen atoms in total. The predicted molar refractivity (Wildman–Crippen MR) is 88.9 cm³/mol. The smallest absolute Gasteiger partial charge is 0.308 e. The fourth-order valence-electron chi connectivity index (χ4n) is 3.71. The van der Waals surface area contributed by atoms with Crippen LogP contribution in [0.4, 0.5) is 0 Å². The van der Waals surface area contributed by atoms with E-state index in [1.807, 2.05) is 13.0 Å². The normalized spacial score (nSPS) is 26.0. The molecule has 1 aliphatic heterocycles. The number of hydrogen-bond acceptors (Lipinski definition) is 2. The molecule has 0 radical (unpaired) electrons. The second kappa shape index (κ2) is 5.99. The van der Waals surface area contributed by atoms with Gasteiger partial charge in [0.2, 0.25) is 5.91 Å². The molecule has 1 aromatic rings. The number of carbonyl (C=O) groups excluding carboxylic acids is 1. The number of carboxylic acid groups (broad SMARTS) is 1. The van der Waals surface area contributed by atoms with Gasteiger partial charge in [0.25, 0.3) is 0 Å². The molecule has 6 heteroatoms. The Morgan fingerprint density at radius 1 is 1.22 bits per heavy atom. The van der Waals surface area contributed by atoms with E-state index in [0.29, 0.717) is 23.1 Å². The van der Waals surface area contributed by atoms with Crippen molar-refractivity contribution in [3.05, 3.63) is 33.8 Å². The monoisotopic (exact) mass is 355 g/mol. The minimum absolute atomic E-state index is 0.0256. The average Bonchev–Trinajstić information content (AvgIpc) is 2.83. The van der Waals surface area contributed by atoms with Gasteiger partial charge in [-0.1, -0.05) is 42.6 Å². The van der Waals surface area contributed by atoms with Crippen molar-refractivity contribution in [2.45, 2.75) is 31.6 Å². The first-order valence-corrected chi connectivity index (χ1v) is 8.58. The summed E-state index contributed by atoms with van der Waals surface area (Å²) in [5.41, 5.74) is 0.316. The number of benzene rings is 1. The van der Waals surface area contributed by atoms with Gasteiger partial charge in [-0.15, -0.1) is 0 Å². The van der Waals surface area contributed by atoms with E-state index < -0.39 is 17.3 Å². The second-order valence-corrected chi connectivity index (χ2v) is 7.51. The fourth-order valence-corrected chi connectivity index (χ4v) is 4.00. The minimum Gasteiger partial charge on any atom is -0.481 e. The number of halogens is 2. The molecule has 1 aromatic carbocycles. The molecule has 1 saturated carbocycles. The maximum absolute atomic E-state index is 13.1. The lowest BCUT2D eigenvalue weighted by molar-refractivity contribution is -0.143. The third-order valence-corrected chi connectivity index (χ3v) is 6.04. The van der Waals surface area contributed by atoms with Crippen LogP contribution in [0.2, 0.25) is 10.0 Å². The Kier molecular flexibility index (Phi) is 4.32. The van der Waals surface area contributed by atoms with Crippen molar-refractivity contribution < 1.29 is 14.7 Å². The summed E-state index contributed by atoms with van der Waals surface area (Å²) in [6.07, 6.45) is 2.52. The zero-order chi connectivity index (χ0) is 16.8. The number of hydrogen-bond donors (Lipinski definition) is 1. The first kappa shape index (κ1) is 16.6. The molecule has 3 rings (SSSR count). The number of nitrogens with zero attached hydrogens (tertiary/aromatic N) is 1. The maximum Gasteiger partial charge on any atom is 0.308 e. The highest BCUT2D eigenvalue weighted by molar-refractivity contribution is 6.42. The van der Waals surface area contributed by atoms with Crippen molar-refractivity contribution in [2.24, 2.45) is 11.8 Å². The van der Waals surface area contributed by atoms with Crippen LogP contribution in [-0.2, 0) is 15.0 Å². The zero-order valence-electron chi connectivity index (χ0n) is 12.9. The van der Waals surface area contributed by atoms with E-state index >= 15 is 0 Å². The Morgan fingerprint density at radius 2 is 1.91 bits per heavy atom. The quantitative estimate of drug-likeness (QED) is 0.900. The molecule has 23 heavy (non-hydrogen) atoms. The molecule has 0 unspecified atom stereocenters. The van der Waals surface area contributed by atoms with E-state index in [0.717, 1.165) is 24.8 Å². The Bertz CT molecular complexity index is 657. The van der Waals surface area contributed by atoms with Crippen molar-refractivity contribution in [1.29, 1.82) is 0 Å². The van der Waals surface area contributed by atoms with Crippen LogP contribution < -0.4 is 0 Å². The van der Waals surface area contributed by atoms with Gasteiger partial charge < -0.3 is 10.0 Å². The number of carboxylic acids is 1. The molecule has 1 amide bonds. The molecule has 1 aliphatic carbocycles. The highest BCUT2D eigenvalue weighted by Crippen LogP contribution is 2.47. The Labute approximate surface area is 145 Å². The first-order chi connectivity index (χ1) is 10.8. The third kappa shape index (κ3) is 2.72. The van der Waals surface area contributed by atoms with Crippen LogP contribution in [0.25, 0.3) is 0 Å². The molecule has 2 aliphatic rings. The fraction of sp³-hybridized carbons (Fsp3) is 0.529. The topological polar surface area (TPSA) is 57.6 Å². The van der Waals surface area contributed by atoms with E-state index in [1.165, 1.54) is 0 Å². The molecule has 2 fully saturated rings. The van der Waals surface area contributed by atoms with Crippen molar-refractivity contribution in [3.63, 3.8) is 0 Å². The molecule has 1 saturated heterocycles. The standard InChI is InChI=1S/C17H19Cl2NO3/c1-10-8-20(9-12(10)15(21)22)16(23)17(5-2-6-17)11-3-4-13(18)14(19)7-11/h3-4,7,10,12H,2,5-6,8-9H2,1H3,(H,21,22)/t10-,12-/m1/s1. The average molecular weight is 356 g/mol. The van der Waals surface area contributed by atoms with Gasteiger partial charge in [0.05, 0.1) is 21.4 Å². The number of amides is 1. The van der Waals surface area contributed by atoms with Gasteiger partial charge in [-0.3, -0.25) is 9.59 Å². The van der Waals surface area contributed by atoms with Crippen molar-refractivity contribution in [1.82, 2.24) is 4.90 Å². The summed E-state index contributed by atoms with van der Waals surface area (Å²) in [5.74, 6) is -1.31. The van der Waals surface area contributed by atoms with Gasteiger partial charge >= 0.3 is 5.97 Å².